The maximum Gasteiger partial charge on any atom is 0.318 e. The Morgan fingerprint density at radius 3 is 2.30 bits per heavy atom. The van der Waals surface area contributed by atoms with Gasteiger partial charge in [0.25, 0.3) is 0 Å². The van der Waals surface area contributed by atoms with Gasteiger partial charge in [-0.3, -0.25) is 4.79 Å². The predicted molar refractivity (Wildman–Crippen MR) is 150 cm³/mol. The number of benzene rings is 2. The molecule has 0 atom stereocenters. The lowest BCUT2D eigenvalue weighted by atomic mass is 9.53. The van der Waals surface area contributed by atoms with Crippen molar-refractivity contribution in [2.45, 2.75) is 44.1 Å². The normalized spacial score (nSPS) is 24.6. The van der Waals surface area contributed by atoms with Gasteiger partial charge in [-0.1, -0.05) is 30.3 Å². The Morgan fingerprint density at radius 1 is 1.02 bits per heavy atom. The van der Waals surface area contributed by atoms with E-state index in [9.17, 15) is 14.0 Å². The average molecular weight is 546 g/mol. The number of ether oxygens (including phenoxy) is 1. The third-order valence-corrected chi connectivity index (χ3v) is 8.71. The molecule has 210 valence electrons. The van der Waals surface area contributed by atoms with Crippen molar-refractivity contribution in [2.24, 2.45) is 17.8 Å². The van der Waals surface area contributed by atoms with Crippen LogP contribution in [0.5, 0.6) is 0 Å². The van der Waals surface area contributed by atoms with Crippen LogP contribution in [0.25, 0.3) is 16.9 Å². The predicted octanol–water partition coefficient (Wildman–Crippen LogP) is 5.24. The van der Waals surface area contributed by atoms with E-state index in [1.165, 1.54) is 36.3 Å². The van der Waals surface area contributed by atoms with Crippen LogP contribution in [0.2, 0.25) is 0 Å². The molecule has 4 fully saturated rings. The number of aromatic nitrogens is 2. The fraction of sp³-hybridized carbons (Fsp3) is 0.452. The van der Waals surface area contributed by atoms with E-state index in [4.69, 9.17) is 4.74 Å². The Bertz CT molecular complexity index is 1320. The second-order valence-electron chi connectivity index (χ2n) is 11.8. The summed E-state index contributed by atoms with van der Waals surface area (Å²) in [6.07, 6.45) is 6.98. The third-order valence-electron chi connectivity index (χ3n) is 8.71. The zero-order valence-electron chi connectivity index (χ0n) is 22.8. The molecule has 0 spiro atoms. The number of carbonyl (C=O) groups is 2. The number of hydrogen-bond donors (Lipinski definition) is 2. The molecule has 0 unspecified atom stereocenters. The zero-order chi connectivity index (χ0) is 27.7. The highest BCUT2D eigenvalue weighted by Gasteiger charge is 2.51. The van der Waals surface area contributed by atoms with Crippen molar-refractivity contribution < 1.29 is 18.7 Å². The van der Waals surface area contributed by atoms with E-state index in [2.05, 4.69) is 15.7 Å². The number of rotatable bonds is 9. The number of anilines is 1. The minimum atomic E-state index is -0.358. The first-order valence-corrected chi connectivity index (χ1v) is 14.2. The molecule has 3 amide bonds. The molecule has 2 aromatic carbocycles. The lowest BCUT2D eigenvalue weighted by molar-refractivity contribution is -0.117. The van der Waals surface area contributed by atoms with Gasteiger partial charge >= 0.3 is 6.03 Å². The minimum absolute atomic E-state index is 0.128. The molecule has 7 rings (SSSR count). The maximum absolute atomic E-state index is 13.6. The summed E-state index contributed by atoms with van der Waals surface area (Å²) in [6.45, 7) is 0.499. The Labute approximate surface area is 233 Å². The van der Waals surface area contributed by atoms with E-state index in [1.54, 1.807) is 30.0 Å². The molecule has 1 aromatic heterocycles. The number of urea groups is 1. The first kappa shape index (κ1) is 26.5. The van der Waals surface area contributed by atoms with E-state index in [1.807, 2.05) is 30.3 Å². The van der Waals surface area contributed by atoms with Gasteiger partial charge in [-0.05, 0) is 80.5 Å². The Kier molecular flexibility index (Phi) is 7.31. The van der Waals surface area contributed by atoms with E-state index < -0.39 is 0 Å². The van der Waals surface area contributed by atoms with Crippen LogP contribution in [0, 0.1) is 23.6 Å². The van der Waals surface area contributed by atoms with Crippen molar-refractivity contribution in [3.05, 3.63) is 66.5 Å². The molecule has 3 aromatic rings. The van der Waals surface area contributed by atoms with Crippen molar-refractivity contribution in [2.75, 3.05) is 32.1 Å². The number of methoxy groups -OCH3 is 1. The standard InChI is InChI=1S/C31H36FN5O3/c1-40-12-11-36(30(39)34-31-17-21-13-22(18-31)15-23(14-21)19-31)20-29(38)33-28-16-27(24-5-3-2-4-6-24)35-37(28)26-9-7-25(32)8-10-26/h2-10,16,21-23H,11-15,17-20H2,1H3,(H,33,38)(H,34,39). The van der Waals surface area contributed by atoms with Crippen LogP contribution < -0.4 is 10.6 Å². The third kappa shape index (κ3) is 5.61. The van der Waals surface area contributed by atoms with E-state index in [-0.39, 0.29) is 29.8 Å². The molecule has 8 nitrogen and oxygen atoms in total. The quantitative estimate of drug-likeness (QED) is 0.385. The van der Waals surface area contributed by atoms with Crippen LogP contribution >= 0.6 is 0 Å². The second kappa shape index (κ2) is 11.0. The Balaban J connectivity index is 1.20. The van der Waals surface area contributed by atoms with Gasteiger partial charge in [-0.25, -0.2) is 13.9 Å². The second-order valence-corrected chi connectivity index (χ2v) is 11.8. The van der Waals surface area contributed by atoms with Crippen LogP contribution in [0.4, 0.5) is 15.0 Å². The molecule has 4 saturated carbocycles. The molecule has 9 heteroatoms. The zero-order valence-corrected chi connectivity index (χ0v) is 22.8. The van der Waals surface area contributed by atoms with Crippen LogP contribution in [0.1, 0.15) is 38.5 Å². The van der Waals surface area contributed by atoms with Gasteiger partial charge < -0.3 is 20.3 Å². The molecule has 0 radical (unpaired) electrons. The minimum Gasteiger partial charge on any atom is -0.383 e. The first-order chi connectivity index (χ1) is 19.4. The van der Waals surface area contributed by atoms with Gasteiger partial charge in [0, 0.05) is 30.8 Å². The fourth-order valence-corrected chi connectivity index (χ4v) is 7.38. The SMILES string of the molecule is COCCN(CC(=O)Nc1cc(-c2ccccc2)nn1-c1ccc(F)cc1)C(=O)NC12CC3CC(CC(C3)C1)C2. The summed E-state index contributed by atoms with van der Waals surface area (Å²) in [4.78, 5) is 28.5. The summed E-state index contributed by atoms with van der Waals surface area (Å²) >= 11 is 0. The highest BCUT2D eigenvalue weighted by molar-refractivity contribution is 5.94. The highest BCUT2D eigenvalue weighted by Crippen LogP contribution is 2.55. The molecule has 4 aliphatic rings. The van der Waals surface area contributed by atoms with E-state index in [0.717, 1.165) is 24.8 Å². The number of hydrogen-bond acceptors (Lipinski definition) is 4. The van der Waals surface area contributed by atoms with Gasteiger partial charge in [-0.15, -0.1) is 0 Å². The van der Waals surface area contributed by atoms with Gasteiger partial charge in [0.05, 0.1) is 18.0 Å². The van der Waals surface area contributed by atoms with Crippen LogP contribution in [-0.4, -0.2) is 59.0 Å². The van der Waals surface area contributed by atoms with E-state index in [0.29, 0.717) is 48.1 Å². The number of amides is 3. The largest absolute Gasteiger partial charge is 0.383 e. The molecular formula is C31H36FN5O3. The highest BCUT2D eigenvalue weighted by atomic mass is 19.1. The van der Waals surface area contributed by atoms with Crippen LogP contribution in [0.3, 0.4) is 0 Å². The van der Waals surface area contributed by atoms with Crippen molar-refractivity contribution >= 4 is 17.8 Å². The van der Waals surface area contributed by atoms with Crippen molar-refractivity contribution in [1.29, 1.82) is 0 Å². The molecule has 4 aliphatic carbocycles. The summed E-state index contributed by atoms with van der Waals surface area (Å²) in [5.41, 5.74) is 2.00. The molecular weight excluding hydrogens is 509 g/mol. The van der Waals surface area contributed by atoms with Gasteiger partial charge in [0.1, 0.15) is 18.2 Å². The topological polar surface area (TPSA) is 88.5 Å². The fourth-order valence-electron chi connectivity index (χ4n) is 7.38. The molecule has 0 aliphatic heterocycles. The van der Waals surface area contributed by atoms with Crippen molar-refractivity contribution in [3.8, 4) is 16.9 Å². The summed E-state index contributed by atoms with van der Waals surface area (Å²) in [5.74, 6) is 1.83. The Hall–Kier alpha value is -3.72. The summed E-state index contributed by atoms with van der Waals surface area (Å²) in [7, 11) is 1.58. The lowest BCUT2D eigenvalue weighted by Crippen LogP contribution is -2.62. The summed E-state index contributed by atoms with van der Waals surface area (Å²) in [5, 5.41) is 11.0. The average Bonchev–Trinajstić information content (AvgIpc) is 3.34. The van der Waals surface area contributed by atoms with Gasteiger partial charge in [-0.2, -0.15) is 5.10 Å². The first-order valence-electron chi connectivity index (χ1n) is 14.2. The number of nitrogens with zero attached hydrogens (tertiary/aromatic N) is 3. The van der Waals surface area contributed by atoms with Gasteiger partial charge in [0.15, 0.2) is 0 Å². The lowest BCUT2D eigenvalue weighted by Gasteiger charge is -2.57. The molecule has 4 bridgehead atoms. The molecule has 2 N–H and O–H groups in total. The van der Waals surface area contributed by atoms with Crippen LogP contribution in [-0.2, 0) is 9.53 Å². The maximum atomic E-state index is 13.6. The molecule has 0 saturated heterocycles. The van der Waals surface area contributed by atoms with Crippen molar-refractivity contribution in [3.63, 3.8) is 0 Å². The number of carbonyl (C=O) groups excluding carboxylic acids is 2. The Morgan fingerprint density at radius 2 is 1.68 bits per heavy atom. The number of halogens is 1. The van der Waals surface area contributed by atoms with Crippen LogP contribution in [0.15, 0.2) is 60.7 Å². The smallest absolute Gasteiger partial charge is 0.318 e. The van der Waals surface area contributed by atoms with E-state index >= 15 is 0 Å². The number of nitrogens with one attached hydrogen (secondary N) is 2. The summed E-state index contributed by atoms with van der Waals surface area (Å²) < 4.78 is 20.5. The van der Waals surface area contributed by atoms with Crippen molar-refractivity contribution in [1.82, 2.24) is 20.0 Å². The molecule has 40 heavy (non-hydrogen) atoms. The summed E-state index contributed by atoms with van der Waals surface area (Å²) in [6, 6.07) is 17.1. The molecule has 1 heterocycles. The van der Waals surface area contributed by atoms with Gasteiger partial charge in [0.2, 0.25) is 5.91 Å². The monoisotopic (exact) mass is 545 g/mol.